The normalized spacial score (nSPS) is 17.6. The Morgan fingerprint density at radius 2 is 1.67 bits per heavy atom. The third-order valence-corrected chi connectivity index (χ3v) is 3.62. The van der Waals surface area contributed by atoms with Gasteiger partial charge in [0.25, 0.3) is 0 Å². The van der Waals surface area contributed by atoms with Crippen molar-refractivity contribution in [1.29, 1.82) is 0 Å². The van der Waals surface area contributed by atoms with Crippen LogP contribution in [0.2, 0.25) is 0 Å². The van der Waals surface area contributed by atoms with E-state index >= 15 is 0 Å². The summed E-state index contributed by atoms with van der Waals surface area (Å²) in [5.74, 6) is -1.59. The fraction of sp³-hybridized carbons (Fsp3) is 0.200. The van der Waals surface area contributed by atoms with Crippen LogP contribution in [0.4, 0.5) is 18.9 Å². The molecule has 0 amide bonds. The van der Waals surface area contributed by atoms with Crippen molar-refractivity contribution in [2.45, 2.75) is 12.0 Å². The van der Waals surface area contributed by atoms with E-state index in [9.17, 15) is 13.2 Å². The van der Waals surface area contributed by atoms with Gasteiger partial charge < -0.3 is 0 Å². The highest BCUT2D eigenvalue weighted by atomic mass is 79.9. The van der Waals surface area contributed by atoms with Gasteiger partial charge in [0, 0.05) is 8.95 Å². The van der Waals surface area contributed by atoms with Crippen molar-refractivity contribution in [1.82, 2.24) is 0 Å². The molecule has 112 valence electrons. The van der Waals surface area contributed by atoms with Crippen LogP contribution in [0.1, 0.15) is 5.56 Å². The predicted molar refractivity (Wildman–Crippen MR) is 75.4 cm³/mol. The second-order valence-corrected chi connectivity index (χ2v) is 5.75. The number of hydrogen-bond donors (Lipinski definition) is 2. The maximum Gasteiger partial charge on any atom is 0.416 e. The zero-order chi connectivity index (χ0) is 15.8. The summed E-state index contributed by atoms with van der Waals surface area (Å²) in [6.07, 6.45) is -3.24. The lowest BCUT2D eigenvalue weighted by Crippen LogP contribution is -2.47. The van der Waals surface area contributed by atoms with E-state index in [2.05, 4.69) is 52.3 Å². The van der Waals surface area contributed by atoms with E-state index in [1.54, 1.807) is 0 Å². The Hall–Kier alpha value is -1.17. The zero-order valence-electron chi connectivity index (χ0n) is 10.1. The van der Waals surface area contributed by atoms with Gasteiger partial charge in [0.05, 0.1) is 11.8 Å². The zero-order valence-corrected chi connectivity index (χ0v) is 13.2. The minimum Gasteiger partial charge on any atom is -0.288 e. The van der Waals surface area contributed by atoms with Crippen molar-refractivity contribution in [3.63, 3.8) is 0 Å². The molecule has 1 aromatic rings. The van der Waals surface area contributed by atoms with Crippen LogP contribution in [0, 0.1) is 0 Å². The fourth-order valence-electron chi connectivity index (χ4n) is 1.37. The van der Waals surface area contributed by atoms with Crippen LogP contribution >= 0.6 is 31.9 Å². The fourth-order valence-corrected chi connectivity index (χ4v) is 2.71. The van der Waals surface area contributed by atoms with Crippen molar-refractivity contribution in [2.24, 2.45) is 31.9 Å². The SMILES string of the molecule is NC1(N)N=NC=C1N=Nc1c(Br)cc(C(F)(F)F)cc1Br. The first-order valence-electron chi connectivity index (χ1n) is 5.29. The topological polar surface area (TPSA) is 101 Å². The lowest BCUT2D eigenvalue weighted by molar-refractivity contribution is -0.137. The van der Waals surface area contributed by atoms with Crippen LogP contribution in [-0.4, -0.2) is 5.79 Å². The largest absolute Gasteiger partial charge is 0.416 e. The molecule has 0 unspecified atom stereocenters. The van der Waals surface area contributed by atoms with E-state index < -0.39 is 17.5 Å². The minimum absolute atomic E-state index is 0.0844. The smallest absolute Gasteiger partial charge is 0.288 e. The summed E-state index contributed by atoms with van der Waals surface area (Å²) in [5.41, 5.74) is 10.6. The summed E-state index contributed by atoms with van der Waals surface area (Å²) in [6, 6.07) is 1.80. The van der Waals surface area contributed by atoms with E-state index in [-0.39, 0.29) is 20.3 Å². The number of azo groups is 2. The number of halogens is 5. The number of nitrogens with two attached hydrogens (primary N) is 2. The van der Waals surface area contributed by atoms with Gasteiger partial charge in [-0.15, -0.1) is 15.3 Å². The molecule has 1 aliphatic heterocycles. The Morgan fingerprint density at radius 3 is 2.10 bits per heavy atom. The molecule has 0 spiro atoms. The Kier molecular flexibility index (Phi) is 4.29. The monoisotopic (exact) mass is 426 g/mol. The standard InChI is InChI=1S/C10H7Br2F3N6/c11-5-1-4(9(13,14)15)2-6(12)8(5)20-19-7-3-18-21-10(7,16)17/h1-3H,16-17H2. The number of rotatable bonds is 2. The first-order chi connectivity index (χ1) is 9.61. The maximum absolute atomic E-state index is 12.7. The number of nitrogens with zero attached hydrogens (tertiary/aromatic N) is 4. The van der Waals surface area contributed by atoms with E-state index in [0.29, 0.717) is 0 Å². The van der Waals surface area contributed by atoms with E-state index in [0.717, 1.165) is 12.1 Å². The first-order valence-corrected chi connectivity index (χ1v) is 6.88. The molecule has 0 bridgehead atoms. The number of hydrogen-bond acceptors (Lipinski definition) is 6. The van der Waals surface area contributed by atoms with E-state index in [1.165, 1.54) is 6.20 Å². The predicted octanol–water partition coefficient (Wildman–Crippen LogP) is 4.19. The molecule has 11 heteroatoms. The molecule has 4 N–H and O–H groups in total. The Bertz CT molecular complexity index is 642. The molecule has 0 atom stereocenters. The van der Waals surface area contributed by atoms with Gasteiger partial charge in [0.1, 0.15) is 11.4 Å². The average Bonchev–Trinajstić information content (AvgIpc) is 2.66. The molecule has 6 nitrogen and oxygen atoms in total. The van der Waals surface area contributed by atoms with Crippen molar-refractivity contribution >= 4 is 37.5 Å². The quantitative estimate of drug-likeness (QED) is 0.545. The first kappa shape index (κ1) is 16.2. The van der Waals surface area contributed by atoms with Crippen LogP contribution in [0.5, 0.6) is 0 Å². The highest BCUT2D eigenvalue weighted by Crippen LogP contribution is 2.40. The molecule has 0 fully saturated rings. The lowest BCUT2D eigenvalue weighted by Gasteiger charge is -2.12. The van der Waals surface area contributed by atoms with Crippen molar-refractivity contribution in [3.05, 3.63) is 38.5 Å². The Labute approximate surface area is 133 Å². The Morgan fingerprint density at radius 1 is 1.10 bits per heavy atom. The summed E-state index contributed by atoms with van der Waals surface area (Å²) in [5, 5.41) is 14.6. The van der Waals surface area contributed by atoms with Gasteiger partial charge in [-0.05, 0) is 44.0 Å². The van der Waals surface area contributed by atoms with Gasteiger partial charge in [0.15, 0.2) is 0 Å². The summed E-state index contributed by atoms with van der Waals surface area (Å²) >= 11 is 6.03. The van der Waals surface area contributed by atoms with Crippen LogP contribution in [0.25, 0.3) is 0 Å². The van der Waals surface area contributed by atoms with Crippen molar-refractivity contribution in [3.8, 4) is 0 Å². The molecule has 1 aromatic carbocycles. The third-order valence-electron chi connectivity index (χ3n) is 2.42. The molecule has 0 aromatic heterocycles. The summed E-state index contributed by atoms with van der Waals surface area (Å²) in [6.45, 7) is 0. The second kappa shape index (κ2) is 5.55. The van der Waals surface area contributed by atoms with Crippen molar-refractivity contribution in [2.75, 3.05) is 0 Å². The molecule has 0 radical (unpaired) electrons. The number of benzene rings is 1. The minimum atomic E-state index is -4.46. The summed E-state index contributed by atoms with van der Waals surface area (Å²) < 4.78 is 38.2. The number of alkyl halides is 3. The van der Waals surface area contributed by atoms with E-state index in [1.807, 2.05) is 0 Å². The molecule has 1 aliphatic rings. The highest BCUT2D eigenvalue weighted by Gasteiger charge is 2.32. The van der Waals surface area contributed by atoms with Gasteiger partial charge in [0.2, 0.25) is 5.79 Å². The van der Waals surface area contributed by atoms with Gasteiger partial charge in [-0.2, -0.15) is 18.3 Å². The second-order valence-electron chi connectivity index (χ2n) is 4.04. The van der Waals surface area contributed by atoms with Gasteiger partial charge in [-0.1, -0.05) is 0 Å². The van der Waals surface area contributed by atoms with Gasteiger partial charge in [-0.3, -0.25) is 11.5 Å². The Balaban J connectivity index is 2.34. The molecule has 1 heterocycles. The van der Waals surface area contributed by atoms with Crippen LogP contribution < -0.4 is 11.5 Å². The van der Waals surface area contributed by atoms with Gasteiger partial charge in [-0.25, -0.2) is 0 Å². The third kappa shape index (κ3) is 3.54. The summed E-state index contributed by atoms with van der Waals surface area (Å²) in [7, 11) is 0. The molecule has 2 rings (SSSR count). The lowest BCUT2D eigenvalue weighted by atomic mass is 10.2. The average molecular weight is 428 g/mol. The summed E-state index contributed by atoms with van der Waals surface area (Å²) in [4.78, 5) is 0. The van der Waals surface area contributed by atoms with Crippen molar-refractivity contribution < 1.29 is 13.2 Å². The maximum atomic E-state index is 12.7. The molecule has 0 aliphatic carbocycles. The molecule has 0 saturated carbocycles. The molecule has 0 saturated heterocycles. The molecular formula is C10H7Br2F3N6. The molecular weight excluding hydrogens is 421 g/mol. The van der Waals surface area contributed by atoms with Crippen LogP contribution in [0.15, 0.2) is 53.4 Å². The van der Waals surface area contributed by atoms with Crippen LogP contribution in [-0.2, 0) is 6.18 Å². The highest BCUT2D eigenvalue weighted by molar-refractivity contribution is 9.11. The van der Waals surface area contributed by atoms with Gasteiger partial charge >= 0.3 is 6.18 Å². The van der Waals surface area contributed by atoms with E-state index in [4.69, 9.17) is 11.5 Å². The molecule has 21 heavy (non-hydrogen) atoms. The van der Waals surface area contributed by atoms with Crippen LogP contribution in [0.3, 0.4) is 0 Å².